The maximum Gasteiger partial charge on any atom is 0.253 e. The largest absolute Gasteiger partial charge is 0.381 e. The van der Waals surface area contributed by atoms with Gasteiger partial charge >= 0.3 is 0 Å². The van der Waals surface area contributed by atoms with Crippen LogP contribution in [-0.4, -0.2) is 29.9 Å². The first-order valence-electron chi connectivity index (χ1n) is 9.56. The van der Waals surface area contributed by atoms with Gasteiger partial charge in [-0.2, -0.15) is 0 Å². The van der Waals surface area contributed by atoms with Gasteiger partial charge in [-0.1, -0.05) is 60.7 Å². The molecule has 0 saturated carbocycles. The molecule has 0 radical (unpaired) electrons. The maximum absolute atomic E-state index is 12.9. The van der Waals surface area contributed by atoms with Crippen LogP contribution in [0.15, 0.2) is 84.9 Å². The van der Waals surface area contributed by atoms with Crippen molar-refractivity contribution in [2.75, 3.05) is 18.4 Å². The van der Waals surface area contributed by atoms with Crippen molar-refractivity contribution in [1.82, 2.24) is 4.90 Å². The average Bonchev–Trinajstić information content (AvgIpc) is 2.75. The van der Waals surface area contributed by atoms with Crippen LogP contribution in [0.2, 0.25) is 0 Å². The fourth-order valence-corrected chi connectivity index (χ4v) is 3.67. The molecular formula is C24H24N2O. The number of para-hydroxylation sites is 1. The summed E-state index contributed by atoms with van der Waals surface area (Å²) in [7, 11) is 0. The van der Waals surface area contributed by atoms with Gasteiger partial charge in [0.25, 0.3) is 5.91 Å². The molecule has 1 amide bonds. The molecule has 1 aliphatic heterocycles. The average molecular weight is 356 g/mol. The third-order valence-corrected chi connectivity index (χ3v) is 5.09. The zero-order valence-corrected chi connectivity index (χ0v) is 15.3. The van der Waals surface area contributed by atoms with Gasteiger partial charge in [-0.25, -0.2) is 0 Å². The number of amides is 1. The SMILES string of the molecule is O=C(c1ccc(-c2ccccc2)cc1)N1CCC[C@H](Nc2ccccc2)C1. The van der Waals surface area contributed by atoms with Crippen molar-refractivity contribution >= 4 is 11.6 Å². The number of nitrogens with one attached hydrogen (secondary N) is 1. The van der Waals surface area contributed by atoms with Crippen LogP contribution in [0.5, 0.6) is 0 Å². The molecule has 1 N–H and O–H groups in total. The molecule has 0 spiro atoms. The molecule has 4 rings (SSSR count). The summed E-state index contributed by atoms with van der Waals surface area (Å²) in [5.74, 6) is 0.120. The van der Waals surface area contributed by atoms with Crippen molar-refractivity contribution in [3.05, 3.63) is 90.5 Å². The highest BCUT2D eigenvalue weighted by Crippen LogP contribution is 2.21. The summed E-state index contributed by atoms with van der Waals surface area (Å²) in [6.45, 7) is 1.57. The molecule has 27 heavy (non-hydrogen) atoms. The minimum absolute atomic E-state index is 0.120. The second kappa shape index (κ2) is 8.09. The van der Waals surface area contributed by atoms with Gasteiger partial charge in [0.2, 0.25) is 0 Å². The number of likely N-dealkylation sites (tertiary alicyclic amines) is 1. The molecule has 1 fully saturated rings. The van der Waals surface area contributed by atoms with Crippen molar-refractivity contribution in [2.24, 2.45) is 0 Å². The van der Waals surface area contributed by atoms with Gasteiger partial charge in [-0.3, -0.25) is 4.79 Å². The molecule has 0 aromatic heterocycles. The first-order valence-corrected chi connectivity index (χ1v) is 9.56. The van der Waals surface area contributed by atoms with Gasteiger partial charge in [0.1, 0.15) is 0 Å². The molecule has 1 saturated heterocycles. The third-order valence-electron chi connectivity index (χ3n) is 5.09. The first kappa shape index (κ1) is 17.3. The Kier molecular flexibility index (Phi) is 5.20. The van der Waals surface area contributed by atoms with Gasteiger partial charge in [-0.15, -0.1) is 0 Å². The third kappa shape index (κ3) is 4.20. The van der Waals surface area contributed by atoms with Crippen molar-refractivity contribution in [1.29, 1.82) is 0 Å². The Morgan fingerprint density at radius 2 is 1.44 bits per heavy atom. The van der Waals surface area contributed by atoms with E-state index in [9.17, 15) is 4.79 Å². The van der Waals surface area contributed by atoms with Gasteiger partial charge in [-0.05, 0) is 48.2 Å². The zero-order chi connectivity index (χ0) is 18.5. The molecule has 0 unspecified atom stereocenters. The van der Waals surface area contributed by atoms with Gasteiger partial charge in [0.05, 0.1) is 0 Å². The van der Waals surface area contributed by atoms with Gasteiger partial charge < -0.3 is 10.2 Å². The van der Waals surface area contributed by atoms with Crippen LogP contribution in [0.4, 0.5) is 5.69 Å². The Hall–Kier alpha value is -3.07. The summed E-state index contributed by atoms with van der Waals surface area (Å²) >= 11 is 0. The summed E-state index contributed by atoms with van der Waals surface area (Å²) in [6.07, 6.45) is 2.12. The minimum Gasteiger partial charge on any atom is -0.381 e. The van der Waals surface area contributed by atoms with Crippen LogP contribution in [0.3, 0.4) is 0 Å². The molecule has 0 bridgehead atoms. The van der Waals surface area contributed by atoms with Crippen LogP contribution in [0.1, 0.15) is 23.2 Å². The number of carbonyl (C=O) groups excluding carboxylic acids is 1. The minimum atomic E-state index is 0.120. The summed E-state index contributed by atoms with van der Waals surface area (Å²) in [6, 6.07) is 28.7. The number of piperidine rings is 1. The van der Waals surface area contributed by atoms with E-state index in [2.05, 4.69) is 29.6 Å². The lowest BCUT2D eigenvalue weighted by Gasteiger charge is -2.33. The summed E-state index contributed by atoms with van der Waals surface area (Å²) in [4.78, 5) is 14.9. The molecule has 1 aliphatic rings. The number of benzene rings is 3. The lowest BCUT2D eigenvalue weighted by molar-refractivity contribution is 0.0715. The van der Waals surface area contributed by atoms with E-state index in [1.807, 2.05) is 65.6 Å². The number of hydrogen-bond acceptors (Lipinski definition) is 2. The topological polar surface area (TPSA) is 32.3 Å². The molecule has 3 heteroatoms. The Balaban J connectivity index is 1.42. The van der Waals surface area contributed by atoms with E-state index >= 15 is 0 Å². The van der Waals surface area contributed by atoms with Crippen molar-refractivity contribution < 1.29 is 4.79 Å². The van der Waals surface area contributed by atoms with Crippen LogP contribution >= 0.6 is 0 Å². The maximum atomic E-state index is 12.9. The number of rotatable bonds is 4. The molecule has 3 nitrogen and oxygen atoms in total. The number of nitrogens with zero attached hydrogens (tertiary/aromatic N) is 1. The second-order valence-electron chi connectivity index (χ2n) is 7.04. The predicted octanol–water partition coefficient (Wildman–Crippen LogP) is 5.07. The molecule has 1 heterocycles. The van der Waals surface area contributed by atoms with Crippen molar-refractivity contribution in [2.45, 2.75) is 18.9 Å². The van der Waals surface area contributed by atoms with Crippen LogP contribution < -0.4 is 5.32 Å². The smallest absolute Gasteiger partial charge is 0.253 e. The van der Waals surface area contributed by atoms with Crippen LogP contribution in [0, 0.1) is 0 Å². The molecule has 3 aromatic carbocycles. The fourth-order valence-electron chi connectivity index (χ4n) is 3.67. The zero-order valence-electron chi connectivity index (χ0n) is 15.3. The van der Waals surface area contributed by atoms with Crippen molar-refractivity contribution in [3.8, 4) is 11.1 Å². The van der Waals surface area contributed by atoms with Gasteiger partial charge in [0, 0.05) is 30.4 Å². The van der Waals surface area contributed by atoms with Crippen LogP contribution in [-0.2, 0) is 0 Å². The number of anilines is 1. The molecule has 3 aromatic rings. The van der Waals surface area contributed by atoms with Crippen molar-refractivity contribution in [3.63, 3.8) is 0 Å². The normalized spacial score (nSPS) is 16.7. The lowest BCUT2D eigenvalue weighted by atomic mass is 10.0. The highest BCUT2D eigenvalue weighted by molar-refractivity contribution is 5.94. The van der Waals surface area contributed by atoms with Crippen LogP contribution in [0.25, 0.3) is 11.1 Å². The summed E-state index contributed by atoms with van der Waals surface area (Å²) in [5, 5.41) is 3.55. The monoisotopic (exact) mass is 356 g/mol. The number of carbonyl (C=O) groups is 1. The number of hydrogen-bond donors (Lipinski definition) is 1. The Labute approximate surface area is 160 Å². The van der Waals surface area contributed by atoms with E-state index in [1.54, 1.807) is 0 Å². The molecule has 0 aliphatic carbocycles. The van der Waals surface area contributed by atoms with Gasteiger partial charge in [0.15, 0.2) is 0 Å². The summed E-state index contributed by atoms with van der Waals surface area (Å²) < 4.78 is 0. The van der Waals surface area contributed by atoms with E-state index in [1.165, 1.54) is 5.56 Å². The van der Waals surface area contributed by atoms with E-state index in [-0.39, 0.29) is 5.91 Å². The quantitative estimate of drug-likeness (QED) is 0.708. The first-order chi connectivity index (χ1) is 13.3. The molecule has 1 atom stereocenters. The van der Waals surface area contributed by atoms with E-state index in [4.69, 9.17) is 0 Å². The fraction of sp³-hybridized carbons (Fsp3) is 0.208. The van der Waals surface area contributed by atoms with E-state index in [0.717, 1.165) is 42.7 Å². The highest BCUT2D eigenvalue weighted by atomic mass is 16.2. The van der Waals surface area contributed by atoms with E-state index in [0.29, 0.717) is 6.04 Å². The molecule has 136 valence electrons. The predicted molar refractivity (Wildman–Crippen MR) is 111 cm³/mol. The highest BCUT2D eigenvalue weighted by Gasteiger charge is 2.24. The Bertz CT molecular complexity index is 875. The lowest BCUT2D eigenvalue weighted by Crippen LogP contribution is -2.45. The Morgan fingerprint density at radius 1 is 0.815 bits per heavy atom. The van der Waals surface area contributed by atoms with E-state index < -0.39 is 0 Å². The second-order valence-corrected chi connectivity index (χ2v) is 7.04. The Morgan fingerprint density at radius 3 is 2.15 bits per heavy atom. The summed E-state index contributed by atoms with van der Waals surface area (Å²) in [5.41, 5.74) is 4.18. The standard InChI is InChI=1S/C24H24N2O/c27-24(21-15-13-20(14-16-21)19-8-3-1-4-9-19)26-17-7-12-23(18-26)25-22-10-5-2-6-11-22/h1-6,8-11,13-16,23,25H,7,12,17-18H2/t23-/m0/s1. The molecular weight excluding hydrogens is 332 g/mol.